The molecule has 0 fully saturated rings. The zero-order valence-electron chi connectivity index (χ0n) is 11.7. The Morgan fingerprint density at radius 1 is 1.35 bits per heavy atom. The van der Waals surface area contributed by atoms with Crippen LogP contribution < -0.4 is 5.32 Å². The van der Waals surface area contributed by atoms with E-state index in [4.69, 9.17) is 11.6 Å². The van der Waals surface area contributed by atoms with Crippen molar-refractivity contribution >= 4 is 17.6 Å². The van der Waals surface area contributed by atoms with Gasteiger partial charge in [0.1, 0.15) is 11.9 Å². The monoisotopic (exact) mass is 292 g/mol. The highest BCUT2D eigenvalue weighted by molar-refractivity contribution is 6.30. The van der Waals surface area contributed by atoms with Crippen molar-refractivity contribution in [2.75, 3.05) is 14.1 Å². The van der Waals surface area contributed by atoms with Crippen LogP contribution in [0.25, 0.3) is 0 Å². The molecule has 0 aliphatic heterocycles. The van der Waals surface area contributed by atoms with Gasteiger partial charge in [-0.05, 0) is 17.7 Å². The van der Waals surface area contributed by atoms with Crippen LogP contribution in [0.3, 0.4) is 0 Å². The fourth-order valence-corrected chi connectivity index (χ4v) is 1.99. The van der Waals surface area contributed by atoms with Gasteiger partial charge in [0.25, 0.3) is 0 Å². The zero-order chi connectivity index (χ0) is 14.7. The average molecular weight is 293 g/mol. The van der Waals surface area contributed by atoms with Gasteiger partial charge in [0.2, 0.25) is 0 Å². The van der Waals surface area contributed by atoms with Gasteiger partial charge >= 0.3 is 6.03 Å². The summed E-state index contributed by atoms with van der Waals surface area (Å²) in [6.07, 6.45) is 3.56. The molecule has 0 aliphatic carbocycles. The summed E-state index contributed by atoms with van der Waals surface area (Å²) in [7, 11) is 5.30. The molecule has 1 aromatic carbocycles. The zero-order valence-corrected chi connectivity index (χ0v) is 12.4. The molecular weight excluding hydrogens is 276 g/mol. The number of hydrogen-bond donors (Lipinski definition) is 1. The average Bonchev–Trinajstić information content (AvgIpc) is 2.83. The summed E-state index contributed by atoms with van der Waals surface area (Å²) in [5, 5.41) is 3.61. The molecule has 1 heterocycles. The van der Waals surface area contributed by atoms with E-state index in [-0.39, 0.29) is 12.1 Å². The fourth-order valence-electron chi connectivity index (χ4n) is 1.86. The Balaban J connectivity index is 2.36. The van der Waals surface area contributed by atoms with E-state index < -0.39 is 0 Å². The molecule has 1 atom stereocenters. The predicted molar refractivity (Wildman–Crippen MR) is 78.7 cm³/mol. The van der Waals surface area contributed by atoms with Crippen molar-refractivity contribution < 1.29 is 4.79 Å². The van der Waals surface area contributed by atoms with Gasteiger partial charge < -0.3 is 14.8 Å². The van der Waals surface area contributed by atoms with Crippen molar-refractivity contribution in [3.8, 4) is 0 Å². The Morgan fingerprint density at radius 2 is 2.00 bits per heavy atom. The van der Waals surface area contributed by atoms with Crippen LogP contribution in [0, 0.1) is 0 Å². The third-order valence-corrected chi connectivity index (χ3v) is 3.25. The normalized spacial score (nSPS) is 12.0. The maximum Gasteiger partial charge on any atom is 0.317 e. The first-order valence-electron chi connectivity index (χ1n) is 6.19. The van der Waals surface area contributed by atoms with E-state index in [2.05, 4.69) is 10.3 Å². The molecule has 2 amide bonds. The summed E-state index contributed by atoms with van der Waals surface area (Å²) in [5.41, 5.74) is 0.930. The lowest BCUT2D eigenvalue weighted by Gasteiger charge is -2.21. The number of halogens is 1. The smallest absolute Gasteiger partial charge is 0.317 e. The second-order valence-corrected chi connectivity index (χ2v) is 5.16. The van der Waals surface area contributed by atoms with Crippen molar-refractivity contribution in [1.82, 2.24) is 19.8 Å². The first-order valence-corrected chi connectivity index (χ1v) is 6.57. The largest absolute Gasteiger partial charge is 0.336 e. The fraction of sp³-hybridized carbons (Fsp3) is 0.286. The highest BCUT2D eigenvalue weighted by Gasteiger charge is 2.21. The second-order valence-electron chi connectivity index (χ2n) is 4.72. The van der Waals surface area contributed by atoms with Gasteiger partial charge in [-0.15, -0.1) is 0 Å². The minimum absolute atomic E-state index is 0.173. The molecule has 0 saturated heterocycles. The lowest BCUT2D eigenvalue weighted by Crippen LogP contribution is -2.38. The van der Waals surface area contributed by atoms with E-state index in [0.717, 1.165) is 11.4 Å². The van der Waals surface area contributed by atoms with Crippen molar-refractivity contribution in [2.45, 2.75) is 6.04 Å². The van der Waals surface area contributed by atoms with Crippen LogP contribution >= 0.6 is 11.6 Å². The quantitative estimate of drug-likeness (QED) is 0.944. The number of urea groups is 1. The standard InChI is InChI=1S/C14H17ClN4O/c1-18(2)14(20)17-12(13-16-8-9-19(13)3)10-4-6-11(15)7-5-10/h4-9,12H,1-3H3,(H,17,20). The number of aryl methyl sites for hydroxylation is 1. The lowest BCUT2D eigenvalue weighted by molar-refractivity contribution is 0.214. The Hall–Kier alpha value is -2.01. The van der Waals surface area contributed by atoms with Crippen molar-refractivity contribution in [3.05, 3.63) is 53.1 Å². The van der Waals surface area contributed by atoms with Crippen molar-refractivity contribution in [3.63, 3.8) is 0 Å². The number of carbonyl (C=O) groups is 1. The van der Waals surface area contributed by atoms with Gasteiger partial charge in [-0.2, -0.15) is 0 Å². The molecule has 6 heteroatoms. The van der Waals surface area contributed by atoms with Crippen LogP contribution in [0.1, 0.15) is 17.4 Å². The molecule has 0 aliphatic rings. The van der Waals surface area contributed by atoms with Crippen LogP contribution in [0.2, 0.25) is 5.02 Å². The summed E-state index contributed by atoms with van der Waals surface area (Å²) < 4.78 is 1.88. The molecule has 2 aromatic rings. The van der Waals surface area contributed by atoms with E-state index in [0.29, 0.717) is 5.02 Å². The van der Waals surface area contributed by atoms with Crippen LogP contribution in [-0.4, -0.2) is 34.6 Å². The predicted octanol–water partition coefficient (Wildman–Crippen LogP) is 2.43. The van der Waals surface area contributed by atoms with Crippen LogP contribution in [-0.2, 0) is 7.05 Å². The molecule has 106 valence electrons. The Kier molecular flexibility index (Phi) is 4.29. The maximum atomic E-state index is 12.0. The van der Waals surface area contributed by atoms with Gasteiger partial charge in [-0.25, -0.2) is 9.78 Å². The number of nitrogens with zero attached hydrogens (tertiary/aromatic N) is 3. The van der Waals surface area contributed by atoms with Crippen LogP contribution in [0.4, 0.5) is 4.79 Å². The van der Waals surface area contributed by atoms with Gasteiger partial charge in [0.15, 0.2) is 0 Å². The molecule has 5 nitrogen and oxygen atoms in total. The first kappa shape index (κ1) is 14.4. The summed E-state index contributed by atoms with van der Waals surface area (Å²) in [4.78, 5) is 17.8. The van der Waals surface area contributed by atoms with Crippen LogP contribution in [0.5, 0.6) is 0 Å². The summed E-state index contributed by atoms with van der Waals surface area (Å²) >= 11 is 5.91. The first-order chi connectivity index (χ1) is 9.49. The molecule has 20 heavy (non-hydrogen) atoms. The van der Waals surface area contributed by atoms with E-state index in [1.165, 1.54) is 4.90 Å². The van der Waals surface area contributed by atoms with E-state index >= 15 is 0 Å². The highest BCUT2D eigenvalue weighted by Crippen LogP contribution is 2.22. The molecule has 1 aromatic heterocycles. The molecular formula is C14H17ClN4O. The second kappa shape index (κ2) is 5.96. The SMILES string of the molecule is CN(C)C(=O)NC(c1ccc(Cl)cc1)c1nccn1C. The number of carbonyl (C=O) groups excluding carboxylic acids is 1. The maximum absolute atomic E-state index is 12.0. The molecule has 0 spiro atoms. The Morgan fingerprint density at radius 3 is 2.50 bits per heavy atom. The summed E-state index contributed by atoms with van der Waals surface area (Å²) in [6.45, 7) is 0. The minimum Gasteiger partial charge on any atom is -0.336 e. The third-order valence-electron chi connectivity index (χ3n) is 2.99. The summed E-state index contributed by atoms with van der Waals surface area (Å²) in [6, 6.07) is 6.88. The topological polar surface area (TPSA) is 50.2 Å². The number of nitrogens with one attached hydrogen (secondary N) is 1. The number of hydrogen-bond acceptors (Lipinski definition) is 2. The van der Waals surface area contributed by atoms with Crippen molar-refractivity contribution in [1.29, 1.82) is 0 Å². The van der Waals surface area contributed by atoms with Crippen molar-refractivity contribution in [2.24, 2.45) is 7.05 Å². The lowest BCUT2D eigenvalue weighted by atomic mass is 10.1. The minimum atomic E-state index is -0.317. The van der Waals surface area contributed by atoms with Gasteiger partial charge in [0.05, 0.1) is 0 Å². The number of imidazole rings is 1. The molecule has 1 unspecified atom stereocenters. The Labute approximate surface area is 123 Å². The summed E-state index contributed by atoms with van der Waals surface area (Å²) in [5.74, 6) is 0.766. The number of amides is 2. The number of rotatable bonds is 3. The van der Waals surface area contributed by atoms with Gasteiger partial charge in [0, 0.05) is 38.6 Å². The number of benzene rings is 1. The third kappa shape index (κ3) is 3.11. The molecule has 0 saturated carbocycles. The van der Waals surface area contributed by atoms with E-state index in [9.17, 15) is 4.79 Å². The Bertz CT molecular complexity index is 591. The molecule has 0 radical (unpaired) electrons. The molecule has 2 rings (SSSR count). The highest BCUT2D eigenvalue weighted by atomic mass is 35.5. The molecule has 1 N–H and O–H groups in total. The number of aromatic nitrogens is 2. The van der Waals surface area contributed by atoms with E-state index in [1.807, 2.05) is 29.9 Å². The van der Waals surface area contributed by atoms with Crippen LogP contribution in [0.15, 0.2) is 36.7 Å². The van der Waals surface area contributed by atoms with Gasteiger partial charge in [-0.3, -0.25) is 0 Å². The van der Waals surface area contributed by atoms with E-state index in [1.54, 1.807) is 32.4 Å². The molecule has 0 bridgehead atoms. The van der Waals surface area contributed by atoms with Gasteiger partial charge in [-0.1, -0.05) is 23.7 Å².